The molecule has 0 N–H and O–H groups in total. The van der Waals surface area contributed by atoms with Crippen LogP contribution in [0.1, 0.15) is 29.7 Å². The zero-order valence-electron chi connectivity index (χ0n) is 10.4. The smallest absolute Gasteiger partial charge is 0.106 e. The Morgan fingerprint density at radius 1 is 1.06 bits per heavy atom. The Hall–Kier alpha value is -1.71. The molecule has 2 heterocycles. The molecule has 1 aromatic carbocycles. The van der Waals surface area contributed by atoms with Gasteiger partial charge in [-0.2, -0.15) is 5.06 Å². The lowest BCUT2D eigenvalue weighted by Crippen LogP contribution is -2.16. The summed E-state index contributed by atoms with van der Waals surface area (Å²) in [5, 5.41) is 1.96. The van der Waals surface area contributed by atoms with Gasteiger partial charge in [0, 0.05) is 25.9 Å². The Balaban J connectivity index is 1.81. The Morgan fingerprint density at radius 3 is 2.50 bits per heavy atom. The van der Waals surface area contributed by atoms with Gasteiger partial charge in [-0.05, 0) is 23.3 Å². The molecule has 92 valence electrons. The first-order valence-electron chi connectivity index (χ1n) is 6.19. The second-order valence-corrected chi connectivity index (χ2v) is 4.58. The minimum atomic E-state index is 0.128. The molecule has 0 saturated carbocycles. The van der Waals surface area contributed by atoms with Crippen molar-refractivity contribution in [2.45, 2.75) is 18.6 Å². The molecule has 0 spiro atoms. The minimum absolute atomic E-state index is 0.128. The van der Waals surface area contributed by atoms with E-state index in [2.05, 4.69) is 29.2 Å². The van der Waals surface area contributed by atoms with E-state index in [0.29, 0.717) is 6.04 Å². The molecule has 1 aliphatic heterocycles. The van der Waals surface area contributed by atoms with Crippen LogP contribution in [0.5, 0.6) is 0 Å². The molecule has 0 amide bonds. The third-order valence-corrected chi connectivity index (χ3v) is 3.43. The maximum atomic E-state index is 5.92. The van der Waals surface area contributed by atoms with Crippen LogP contribution in [0.25, 0.3) is 0 Å². The van der Waals surface area contributed by atoms with Gasteiger partial charge < -0.3 is 0 Å². The average Bonchev–Trinajstić information content (AvgIpc) is 2.83. The Bertz CT molecular complexity index is 500. The quantitative estimate of drug-likeness (QED) is 0.806. The summed E-state index contributed by atoms with van der Waals surface area (Å²) in [7, 11) is 2.00. The Morgan fingerprint density at radius 2 is 1.78 bits per heavy atom. The zero-order valence-corrected chi connectivity index (χ0v) is 10.4. The van der Waals surface area contributed by atoms with Gasteiger partial charge in [0.1, 0.15) is 6.10 Å². The minimum Gasteiger partial charge on any atom is -0.291 e. The van der Waals surface area contributed by atoms with Crippen LogP contribution in [0.4, 0.5) is 0 Å². The average molecular weight is 240 g/mol. The van der Waals surface area contributed by atoms with Crippen molar-refractivity contribution < 1.29 is 4.84 Å². The molecule has 2 unspecified atom stereocenters. The van der Waals surface area contributed by atoms with E-state index >= 15 is 0 Å². The largest absolute Gasteiger partial charge is 0.291 e. The molecule has 3 rings (SSSR count). The SMILES string of the molecule is CN1OC(c2ccncc2)CC1c1ccccc1. The third kappa shape index (κ3) is 2.15. The van der Waals surface area contributed by atoms with Gasteiger partial charge in [0.05, 0.1) is 6.04 Å². The normalized spacial score (nSPS) is 24.3. The van der Waals surface area contributed by atoms with E-state index < -0.39 is 0 Å². The Kier molecular flexibility index (Phi) is 3.09. The first kappa shape index (κ1) is 11.4. The summed E-state index contributed by atoms with van der Waals surface area (Å²) in [6, 6.07) is 14.9. The standard InChI is InChI=1S/C15H16N2O/c1-17-14(12-5-3-2-4-6-12)11-15(18-17)13-7-9-16-10-8-13/h2-10,14-15H,11H2,1H3. The molecule has 0 aliphatic carbocycles. The summed E-state index contributed by atoms with van der Waals surface area (Å²) >= 11 is 0. The van der Waals surface area contributed by atoms with Crippen molar-refractivity contribution in [1.29, 1.82) is 0 Å². The summed E-state index contributed by atoms with van der Waals surface area (Å²) in [5.41, 5.74) is 2.49. The van der Waals surface area contributed by atoms with Crippen LogP contribution >= 0.6 is 0 Å². The molecule has 3 nitrogen and oxygen atoms in total. The molecule has 3 heteroatoms. The number of hydrogen-bond acceptors (Lipinski definition) is 3. The number of hydrogen-bond donors (Lipinski definition) is 0. The summed E-state index contributed by atoms with van der Waals surface area (Å²) < 4.78 is 0. The molecule has 1 aliphatic rings. The van der Waals surface area contributed by atoms with E-state index in [1.807, 2.05) is 42.7 Å². The molecular weight excluding hydrogens is 224 g/mol. The van der Waals surface area contributed by atoms with Crippen molar-refractivity contribution in [1.82, 2.24) is 10.0 Å². The van der Waals surface area contributed by atoms with Crippen LogP contribution in [-0.2, 0) is 4.84 Å². The van der Waals surface area contributed by atoms with E-state index in [0.717, 1.165) is 6.42 Å². The highest BCUT2D eigenvalue weighted by atomic mass is 16.7. The fourth-order valence-electron chi connectivity index (χ4n) is 2.46. The number of benzene rings is 1. The molecule has 0 radical (unpaired) electrons. The molecule has 1 saturated heterocycles. The molecule has 2 atom stereocenters. The van der Waals surface area contributed by atoms with Gasteiger partial charge in [0.15, 0.2) is 0 Å². The number of rotatable bonds is 2. The summed E-state index contributed by atoms with van der Waals surface area (Å²) in [6.45, 7) is 0. The number of pyridine rings is 1. The predicted octanol–water partition coefficient (Wildman–Crippen LogP) is 3.13. The highest BCUT2D eigenvalue weighted by Crippen LogP contribution is 2.40. The van der Waals surface area contributed by atoms with E-state index in [9.17, 15) is 0 Å². The summed E-state index contributed by atoms with van der Waals surface area (Å²) in [5.74, 6) is 0. The summed E-state index contributed by atoms with van der Waals surface area (Å²) in [4.78, 5) is 9.96. The predicted molar refractivity (Wildman–Crippen MR) is 69.6 cm³/mol. The molecule has 1 fully saturated rings. The number of nitrogens with zero attached hydrogens (tertiary/aromatic N) is 2. The van der Waals surface area contributed by atoms with Gasteiger partial charge in [-0.1, -0.05) is 30.3 Å². The Labute approximate surface area is 107 Å². The lowest BCUT2D eigenvalue weighted by molar-refractivity contribution is -0.146. The van der Waals surface area contributed by atoms with Gasteiger partial charge in [-0.25, -0.2) is 0 Å². The molecule has 0 bridgehead atoms. The summed E-state index contributed by atoms with van der Waals surface area (Å²) in [6.07, 6.45) is 4.73. The van der Waals surface area contributed by atoms with Gasteiger partial charge in [-0.3, -0.25) is 9.82 Å². The van der Waals surface area contributed by atoms with Gasteiger partial charge in [0.25, 0.3) is 0 Å². The topological polar surface area (TPSA) is 25.4 Å². The van der Waals surface area contributed by atoms with Crippen molar-refractivity contribution >= 4 is 0 Å². The van der Waals surface area contributed by atoms with Crippen LogP contribution in [0.3, 0.4) is 0 Å². The first-order valence-corrected chi connectivity index (χ1v) is 6.19. The highest BCUT2D eigenvalue weighted by Gasteiger charge is 2.32. The fraction of sp³-hybridized carbons (Fsp3) is 0.267. The molecule has 18 heavy (non-hydrogen) atoms. The van der Waals surface area contributed by atoms with Gasteiger partial charge in [0.2, 0.25) is 0 Å². The van der Waals surface area contributed by atoms with Crippen LogP contribution in [-0.4, -0.2) is 17.1 Å². The zero-order chi connectivity index (χ0) is 12.4. The third-order valence-electron chi connectivity index (χ3n) is 3.43. The van der Waals surface area contributed by atoms with E-state index in [4.69, 9.17) is 4.84 Å². The van der Waals surface area contributed by atoms with Crippen molar-refractivity contribution in [3.05, 3.63) is 66.0 Å². The molecule has 2 aromatic rings. The van der Waals surface area contributed by atoms with Gasteiger partial charge in [-0.15, -0.1) is 0 Å². The van der Waals surface area contributed by atoms with Crippen molar-refractivity contribution in [2.24, 2.45) is 0 Å². The second-order valence-electron chi connectivity index (χ2n) is 4.58. The highest BCUT2D eigenvalue weighted by molar-refractivity contribution is 5.22. The van der Waals surface area contributed by atoms with E-state index in [1.54, 1.807) is 0 Å². The number of hydroxylamine groups is 2. The van der Waals surface area contributed by atoms with Crippen LogP contribution in [0.15, 0.2) is 54.9 Å². The van der Waals surface area contributed by atoms with Crippen LogP contribution < -0.4 is 0 Å². The first-order chi connectivity index (χ1) is 8.84. The second kappa shape index (κ2) is 4.88. The van der Waals surface area contributed by atoms with E-state index in [1.165, 1.54) is 11.1 Å². The maximum absolute atomic E-state index is 5.92. The maximum Gasteiger partial charge on any atom is 0.106 e. The van der Waals surface area contributed by atoms with E-state index in [-0.39, 0.29) is 6.10 Å². The fourth-order valence-corrected chi connectivity index (χ4v) is 2.46. The molecular formula is C15H16N2O. The monoisotopic (exact) mass is 240 g/mol. The molecule has 1 aromatic heterocycles. The van der Waals surface area contributed by atoms with Gasteiger partial charge >= 0.3 is 0 Å². The lowest BCUT2D eigenvalue weighted by Gasteiger charge is -2.17. The van der Waals surface area contributed by atoms with Crippen molar-refractivity contribution in [2.75, 3.05) is 7.05 Å². The van der Waals surface area contributed by atoms with Crippen LogP contribution in [0, 0.1) is 0 Å². The van der Waals surface area contributed by atoms with Crippen molar-refractivity contribution in [3.63, 3.8) is 0 Å². The lowest BCUT2D eigenvalue weighted by atomic mass is 9.99. The van der Waals surface area contributed by atoms with Crippen LogP contribution in [0.2, 0.25) is 0 Å². The van der Waals surface area contributed by atoms with Crippen molar-refractivity contribution in [3.8, 4) is 0 Å². The number of aromatic nitrogens is 1.